The molecule has 0 saturated carbocycles. The van der Waals surface area contributed by atoms with Crippen molar-refractivity contribution in [1.82, 2.24) is 4.90 Å². The third-order valence-corrected chi connectivity index (χ3v) is 4.19. The van der Waals surface area contributed by atoms with Crippen molar-refractivity contribution in [3.63, 3.8) is 0 Å². The van der Waals surface area contributed by atoms with Crippen LogP contribution in [0, 0.1) is 0 Å². The topological polar surface area (TPSA) is 96.0 Å². The summed E-state index contributed by atoms with van der Waals surface area (Å²) in [4.78, 5) is 36.9. The van der Waals surface area contributed by atoms with Crippen molar-refractivity contribution >= 4 is 29.4 Å². The minimum absolute atomic E-state index is 0.0128. The maximum absolute atomic E-state index is 12.9. The van der Waals surface area contributed by atoms with Crippen molar-refractivity contribution in [2.75, 3.05) is 13.7 Å². The van der Waals surface area contributed by atoms with Crippen molar-refractivity contribution < 1.29 is 37.7 Å². The lowest BCUT2D eigenvalue weighted by Crippen LogP contribution is -2.47. The van der Waals surface area contributed by atoms with Gasteiger partial charge in [-0.15, -0.1) is 0 Å². The van der Waals surface area contributed by atoms with E-state index in [1.807, 2.05) is 0 Å². The van der Waals surface area contributed by atoms with Gasteiger partial charge in [0, 0.05) is 16.7 Å². The highest BCUT2D eigenvalue weighted by molar-refractivity contribution is 6.34. The Morgan fingerprint density at radius 3 is 2.41 bits per heavy atom. The monoisotopic (exact) mass is 402 g/mol. The molecular weight excluding hydrogens is 388 g/mol. The Balaban J connectivity index is 2.20. The third-order valence-electron chi connectivity index (χ3n) is 4.19. The number of carboxylic acids is 1. The van der Waals surface area contributed by atoms with Gasteiger partial charge in [-0.05, 0) is 23.8 Å². The van der Waals surface area contributed by atoms with Gasteiger partial charge in [-0.2, -0.15) is 8.78 Å². The lowest BCUT2D eigenvalue weighted by molar-refractivity contribution is -0.305. The molecule has 2 aromatic rings. The molecule has 0 aliphatic carbocycles. The van der Waals surface area contributed by atoms with Gasteiger partial charge in [0.2, 0.25) is 0 Å². The molecule has 0 saturated heterocycles. The molecule has 2 aromatic carbocycles. The molecule has 0 fully saturated rings. The third kappa shape index (κ3) is 3.93. The number of amides is 2. The predicted molar refractivity (Wildman–Crippen MR) is 95.0 cm³/mol. The Morgan fingerprint density at radius 1 is 1.10 bits per heavy atom. The number of carbonyl (C=O) groups excluding carboxylic acids is 3. The van der Waals surface area contributed by atoms with E-state index in [9.17, 15) is 28.3 Å². The van der Waals surface area contributed by atoms with Crippen LogP contribution in [0.15, 0.2) is 42.5 Å². The van der Waals surface area contributed by atoms with Crippen molar-refractivity contribution in [2.24, 2.45) is 0 Å². The van der Waals surface area contributed by atoms with E-state index >= 15 is 0 Å². The number of hydrogen-bond acceptors (Lipinski definition) is 6. The number of aliphatic carboxylic acids is 1. The van der Waals surface area contributed by atoms with Crippen LogP contribution in [0.1, 0.15) is 21.5 Å². The first-order valence-electron chi connectivity index (χ1n) is 8.32. The fourth-order valence-corrected chi connectivity index (χ4v) is 2.99. The van der Waals surface area contributed by atoms with Crippen molar-refractivity contribution in [3.8, 4) is 11.5 Å². The second-order valence-electron chi connectivity index (χ2n) is 5.93. The predicted octanol–water partition coefficient (Wildman–Crippen LogP) is 1.57. The van der Waals surface area contributed by atoms with Gasteiger partial charge >= 0.3 is 6.61 Å². The number of fused-ring (bicyclic) bond motifs is 1. The zero-order valence-corrected chi connectivity index (χ0v) is 15.1. The van der Waals surface area contributed by atoms with Crippen molar-refractivity contribution in [2.45, 2.75) is 6.61 Å². The van der Waals surface area contributed by atoms with E-state index in [0.29, 0.717) is 4.90 Å². The van der Waals surface area contributed by atoms with Gasteiger partial charge in [-0.25, -0.2) is 0 Å². The van der Waals surface area contributed by atoms with Crippen molar-refractivity contribution in [1.29, 1.82) is 0 Å². The van der Waals surface area contributed by atoms with Crippen LogP contribution in [0.25, 0.3) is 11.6 Å². The number of carbonyl (C=O) groups is 3. The fraction of sp³-hybridized carbons (Fsp3) is 0.150. The number of benzene rings is 2. The van der Waals surface area contributed by atoms with Gasteiger partial charge < -0.3 is 19.4 Å². The standard InChI is InChI=1S/C20H15F2NO6/c1-28-15-8-4-5-11(17(15)29-20(21)22)9-14-12-6-2-3-7-13(12)18(26)23(19(14)27)10-16(24)25/h2-9,20H,10H2,1H3,(H,24,25)/p-1/b14-9-. The van der Waals surface area contributed by atoms with Gasteiger partial charge in [-0.1, -0.05) is 30.3 Å². The summed E-state index contributed by atoms with van der Waals surface area (Å²) in [5.74, 6) is -3.59. The quantitative estimate of drug-likeness (QED) is 0.538. The number of para-hydroxylation sites is 1. The molecule has 0 N–H and O–H groups in total. The number of alkyl halides is 2. The van der Waals surface area contributed by atoms with E-state index < -0.39 is 30.9 Å². The van der Waals surface area contributed by atoms with Crippen LogP contribution in [0.3, 0.4) is 0 Å². The normalized spacial score (nSPS) is 14.9. The molecule has 9 heteroatoms. The highest BCUT2D eigenvalue weighted by Crippen LogP contribution is 2.37. The molecule has 3 rings (SSSR count). The summed E-state index contributed by atoms with van der Waals surface area (Å²) in [6.07, 6.45) is 1.25. The highest BCUT2D eigenvalue weighted by Gasteiger charge is 2.34. The highest BCUT2D eigenvalue weighted by atomic mass is 19.3. The molecule has 0 atom stereocenters. The first-order chi connectivity index (χ1) is 13.8. The zero-order chi connectivity index (χ0) is 21.1. The molecule has 150 valence electrons. The lowest BCUT2D eigenvalue weighted by atomic mass is 9.92. The number of nitrogens with zero attached hydrogens (tertiary/aromatic N) is 1. The maximum Gasteiger partial charge on any atom is 0.387 e. The summed E-state index contributed by atoms with van der Waals surface area (Å²) in [5, 5.41) is 11.0. The molecule has 29 heavy (non-hydrogen) atoms. The van der Waals surface area contributed by atoms with Crippen LogP contribution in [-0.2, 0) is 9.59 Å². The van der Waals surface area contributed by atoms with E-state index in [2.05, 4.69) is 4.74 Å². The number of imide groups is 1. The second-order valence-corrected chi connectivity index (χ2v) is 5.93. The van der Waals surface area contributed by atoms with Crippen molar-refractivity contribution in [3.05, 3.63) is 59.2 Å². The average molecular weight is 402 g/mol. The first kappa shape index (κ1) is 20.0. The summed E-state index contributed by atoms with van der Waals surface area (Å²) < 4.78 is 35.3. The fourth-order valence-electron chi connectivity index (χ4n) is 2.99. The van der Waals surface area contributed by atoms with Gasteiger partial charge in [0.05, 0.1) is 19.6 Å². The molecule has 1 aliphatic rings. The molecule has 0 spiro atoms. The SMILES string of the molecule is COc1cccc(/C=C2\C(=O)N(CC(=O)[O-])C(=O)c3ccccc32)c1OC(F)F. The smallest absolute Gasteiger partial charge is 0.387 e. The number of ether oxygens (including phenoxy) is 2. The average Bonchev–Trinajstić information content (AvgIpc) is 2.69. The Kier molecular flexibility index (Phi) is 5.58. The number of hydrogen-bond donors (Lipinski definition) is 0. The van der Waals surface area contributed by atoms with Gasteiger partial charge in [0.1, 0.15) is 0 Å². The number of halogens is 2. The molecule has 1 aliphatic heterocycles. The maximum atomic E-state index is 12.9. The van der Waals surface area contributed by atoms with Crippen LogP contribution in [0.4, 0.5) is 8.78 Å². The number of methoxy groups -OCH3 is 1. The van der Waals surface area contributed by atoms with Crippen LogP contribution in [-0.4, -0.2) is 42.9 Å². The van der Waals surface area contributed by atoms with E-state index in [-0.39, 0.29) is 33.8 Å². The summed E-state index contributed by atoms with van der Waals surface area (Å²) in [7, 11) is 1.27. The molecule has 2 amide bonds. The summed E-state index contributed by atoms with van der Waals surface area (Å²) in [5.41, 5.74) is 0.362. The molecule has 0 unspecified atom stereocenters. The van der Waals surface area contributed by atoms with E-state index in [1.54, 1.807) is 12.1 Å². The van der Waals surface area contributed by atoms with E-state index in [0.717, 1.165) is 0 Å². The Morgan fingerprint density at radius 2 is 1.79 bits per heavy atom. The Hall–Kier alpha value is -3.75. The molecule has 7 nitrogen and oxygen atoms in total. The molecule has 0 radical (unpaired) electrons. The molecule has 0 bridgehead atoms. The number of carboxylic acid groups (broad SMARTS) is 1. The molecular formula is C20H14F2NO6-. The Labute approximate surface area is 163 Å². The van der Waals surface area contributed by atoms with Gasteiger partial charge in [0.15, 0.2) is 11.5 Å². The van der Waals surface area contributed by atoms with Crippen LogP contribution in [0.2, 0.25) is 0 Å². The number of rotatable bonds is 6. The summed E-state index contributed by atoms with van der Waals surface area (Å²) in [6, 6.07) is 10.4. The second kappa shape index (κ2) is 8.09. The zero-order valence-electron chi connectivity index (χ0n) is 15.1. The Bertz CT molecular complexity index is 1020. The molecule has 1 heterocycles. The van der Waals surface area contributed by atoms with E-state index in [4.69, 9.17) is 4.74 Å². The first-order valence-corrected chi connectivity index (χ1v) is 8.32. The summed E-state index contributed by atoms with van der Waals surface area (Å²) >= 11 is 0. The molecule has 0 aromatic heterocycles. The van der Waals surface area contributed by atoms with Gasteiger partial charge in [-0.3, -0.25) is 14.5 Å². The van der Waals surface area contributed by atoms with Crippen LogP contribution < -0.4 is 14.6 Å². The van der Waals surface area contributed by atoms with Gasteiger partial charge in [0.25, 0.3) is 11.8 Å². The van der Waals surface area contributed by atoms with Crippen LogP contribution in [0.5, 0.6) is 11.5 Å². The summed E-state index contributed by atoms with van der Waals surface area (Å²) in [6.45, 7) is -4.09. The minimum atomic E-state index is -3.14. The minimum Gasteiger partial charge on any atom is -0.548 e. The van der Waals surface area contributed by atoms with Crippen LogP contribution >= 0.6 is 0 Å². The van der Waals surface area contributed by atoms with E-state index in [1.165, 1.54) is 43.5 Å². The largest absolute Gasteiger partial charge is 0.548 e. The lowest BCUT2D eigenvalue weighted by Gasteiger charge is -2.29.